The number of amides is 1. The molecule has 9 heteroatoms. The van der Waals surface area contributed by atoms with Crippen molar-refractivity contribution in [2.24, 2.45) is 5.73 Å². The van der Waals surface area contributed by atoms with Crippen molar-refractivity contribution in [3.8, 4) is 11.8 Å². The van der Waals surface area contributed by atoms with Crippen molar-refractivity contribution in [1.82, 2.24) is 9.55 Å². The Morgan fingerprint density at radius 2 is 1.96 bits per heavy atom. The number of hydrogen-bond acceptors (Lipinski definition) is 4. The lowest BCUT2D eigenvalue weighted by Crippen LogP contribution is -2.32. The van der Waals surface area contributed by atoms with E-state index in [2.05, 4.69) is 27.0 Å². The maximum Gasteiger partial charge on any atom is 0.377 e. The van der Waals surface area contributed by atoms with Crippen LogP contribution in [0.3, 0.4) is 0 Å². The fraction of sp³-hybridized carbons (Fsp3) is 0.0625. The number of primary amides is 1. The summed E-state index contributed by atoms with van der Waals surface area (Å²) in [6, 6.07) is 12.5. The van der Waals surface area contributed by atoms with Gasteiger partial charge in [-0.15, -0.1) is 0 Å². The molecule has 0 aliphatic heterocycles. The summed E-state index contributed by atoms with van der Waals surface area (Å²) in [4.78, 5) is 14.9. The number of hydrogen-bond donors (Lipinski definition) is 1. The Hall–Kier alpha value is -2.44. The molecule has 1 aromatic heterocycles. The van der Waals surface area contributed by atoms with Crippen molar-refractivity contribution in [2.45, 2.75) is 10.4 Å². The SMILES string of the molecule is N#Cc1ccc(-n2c(Br)cnc2SC(F)(F)C(N)=O)c2ccccc12. The number of halogens is 3. The predicted octanol–water partition coefficient (Wildman–Crippen LogP) is 3.83. The average Bonchev–Trinajstić information content (AvgIpc) is 2.93. The van der Waals surface area contributed by atoms with E-state index in [1.807, 2.05) is 0 Å². The van der Waals surface area contributed by atoms with Gasteiger partial charge in [-0.1, -0.05) is 24.3 Å². The lowest BCUT2D eigenvalue weighted by molar-refractivity contribution is -0.131. The topological polar surface area (TPSA) is 84.7 Å². The molecule has 0 aliphatic carbocycles. The van der Waals surface area contributed by atoms with Gasteiger partial charge in [0.2, 0.25) is 0 Å². The second-order valence-corrected chi connectivity index (χ2v) is 6.87. The van der Waals surface area contributed by atoms with E-state index in [9.17, 15) is 18.8 Å². The molecule has 0 aliphatic rings. The Morgan fingerprint density at radius 3 is 2.60 bits per heavy atom. The van der Waals surface area contributed by atoms with Gasteiger partial charge in [0.05, 0.1) is 23.5 Å². The minimum atomic E-state index is -3.80. The molecule has 3 aromatic rings. The Kier molecular flexibility index (Phi) is 4.49. The van der Waals surface area contributed by atoms with Crippen LogP contribution in [0.15, 0.2) is 52.4 Å². The van der Waals surface area contributed by atoms with Crippen molar-refractivity contribution < 1.29 is 13.6 Å². The maximum atomic E-state index is 13.7. The van der Waals surface area contributed by atoms with Gasteiger partial charge >= 0.3 is 5.25 Å². The first-order valence-corrected chi connectivity index (χ1v) is 8.48. The zero-order valence-corrected chi connectivity index (χ0v) is 14.8. The van der Waals surface area contributed by atoms with Crippen molar-refractivity contribution in [3.63, 3.8) is 0 Å². The third kappa shape index (κ3) is 3.10. The molecular weight excluding hydrogens is 414 g/mol. The molecule has 0 fully saturated rings. The quantitative estimate of drug-likeness (QED) is 0.647. The van der Waals surface area contributed by atoms with Gasteiger partial charge in [-0.3, -0.25) is 9.36 Å². The molecule has 0 bridgehead atoms. The second-order valence-electron chi connectivity index (χ2n) is 4.97. The van der Waals surface area contributed by atoms with E-state index in [-0.39, 0.29) is 16.9 Å². The van der Waals surface area contributed by atoms with E-state index in [0.717, 1.165) is 0 Å². The second kappa shape index (κ2) is 6.46. The minimum Gasteiger partial charge on any atom is -0.364 e. The Morgan fingerprint density at radius 1 is 1.28 bits per heavy atom. The number of benzene rings is 2. The molecule has 0 atom stereocenters. The van der Waals surface area contributed by atoms with Crippen LogP contribution in [0, 0.1) is 11.3 Å². The molecule has 3 rings (SSSR count). The number of alkyl halides is 2. The molecule has 0 unspecified atom stereocenters. The summed E-state index contributed by atoms with van der Waals surface area (Å²) < 4.78 is 29.3. The number of carbonyl (C=O) groups is 1. The van der Waals surface area contributed by atoms with Gasteiger partial charge < -0.3 is 5.73 Å². The van der Waals surface area contributed by atoms with Crippen LogP contribution >= 0.6 is 27.7 Å². The smallest absolute Gasteiger partial charge is 0.364 e. The van der Waals surface area contributed by atoms with E-state index in [1.54, 1.807) is 36.4 Å². The minimum absolute atomic E-state index is 0.0362. The Bertz CT molecular complexity index is 1030. The number of imidazole rings is 1. The zero-order chi connectivity index (χ0) is 18.2. The lowest BCUT2D eigenvalue weighted by Gasteiger charge is -2.15. The molecule has 25 heavy (non-hydrogen) atoms. The maximum absolute atomic E-state index is 13.7. The van der Waals surface area contributed by atoms with Gasteiger partial charge in [-0.25, -0.2) is 4.98 Å². The molecule has 0 radical (unpaired) electrons. The van der Waals surface area contributed by atoms with Crippen LogP contribution in [0.5, 0.6) is 0 Å². The highest BCUT2D eigenvalue weighted by molar-refractivity contribution is 9.10. The van der Waals surface area contributed by atoms with Gasteiger partial charge in [-0.2, -0.15) is 14.0 Å². The highest BCUT2D eigenvalue weighted by atomic mass is 79.9. The van der Waals surface area contributed by atoms with Crippen LogP contribution in [0.2, 0.25) is 0 Å². The van der Waals surface area contributed by atoms with Gasteiger partial charge in [0.15, 0.2) is 5.16 Å². The number of nitrogens with zero attached hydrogens (tertiary/aromatic N) is 3. The summed E-state index contributed by atoms with van der Waals surface area (Å²) in [5.41, 5.74) is 5.76. The van der Waals surface area contributed by atoms with Crippen molar-refractivity contribution in [2.75, 3.05) is 0 Å². The van der Waals surface area contributed by atoms with Crippen LogP contribution in [-0.4, -0.2) is 20.7 Å². The summed E-state index contributed by atoms with van der Waals surface area (Å²) in [5.74, 6) is -1.74. The summed E-state index contributed by atoms with van der Waals surface area (Å²) >= 11 is 3.24. The van der Waals surface area contributed by atoms with E-state index in [0.29, 0.717) is 26.6 Å². The third-order valence-electron chi connectivity index (χ3n) is 3.46. The third-order valence-corrected chi connectivity index (χ3v) is 4.94. The normalized spacial score (nSPS) is 11.4. The molecule has 0 saturated carbocycles. The molecule has 0 saturated heterocycles. The fourth-order valence-electron chi connectivity index (χ4n) is 2.35. The number of rotatable bonds is 4. The van der Waals surface area contributed by atoms with Crippen LogP contribution in [0.25, 0.3) is 16.5 Å². The molecule has 1 heterocycles. The predicted molar refractivity (Wildman–Crippen MR) is 93.5 cm³/mol. The average molecular weight is 423 g/mol. The van der Waals surface area contributed by atoms with E-state index in [1.165, 1.54) is 10.8 Å². The number of thioether (sulfide) groups is 1. The molecule has 1 amide bonds. The Balaban J connectivity index is 2.22. The van der Waals surface area contributed by atoms with E-state index < -0.39 is 11.2 Å². The van der Waals surface area contributed by atoms with Gasteiger partial charge in [0, 0.05) is 10.8 Å². The summed E-state index contributed by atoms with van der Waals surface area (Å²) in [6.45, 7) is 0. The number of aromatic nitrogens is 2. The Labute approximate surface area is 153 Å². The van der Waals surface area contributed by atoms with Gasteiger partial charge in [0.1, 0.15) is 4.60 Å². The fourth-order valence-corrected chi connectivity index (χ4v) is 3.65. The first-order valence-electron chi connectivity index (χ1n) is 6.87. The number of nitrogens with two attached hydrogens (primary N) is 1. The van der Waals surface area contributed by atoms with Crippen molar-refractivity contribution in [1.29, 1.82) is 5.26 Å². The van der Waals surface area contributed by atoms with Crippen LogP contribution in [0.4, 0.5) is 8.78 Å². The molecular formula is C16H9BrF2N4OS. The molecule has 0 spiro atoms. The zero-order valence-electron chi connectivity index (χ0n) is 12.4. The summed E-state index contributed by atoms with van der Waals surface area (Å²) in [7, 11) is 0. The monoisotopic (exact) mass is 422 g/mol. The molecule has 2 N–H and O–H groups in total. The highest BCUT2D eigenvalue weighted by Crippen LogP contribution is 2.39. The molecule has 5 nitrogen and oxygen atoms in total. The standard InChI is InChI=1S/C16H9BrF2N4OS/c17-13-8-22-15(25-16(18,19)14(21)24)23(13)12-6-5-9(7-20)10-3-1-2-4-11(10)12/h1-6,8H,(H2,21,24). The molecule has 126 valence electrons. The number of nitriles is 1. The van der Waals surface area contributed by atoms with E-state index in [4.69, 9.17) is 5.73 Å². The van der Waals surface area contributed by atoms with Crippen molar-refractivity contribution >= 4 is 44.4 Å². The summed E-state index contributed by atoms with van der Waals surface area (Å²) in [5, 5.41) is 6.71. The van der Waals surface area contributed by atoms with Crippen molar-refractivity contribution in [3.05, 3.63) is 52.8 Å². The first kappa shape index (κ1) is 17.4. The molecule has 2 aromatic carbocycles. The lowest BCUT2D eigenvalue weighted by atomic mass is 10.0. The van der Waals surface area contributed by atoms with Gasteiger partial charge in [0.25, 0.3) is 5.91 Å². The van der Waals surface area contributed by atoms with E-state index >= 15 is 0 Å². The van der Waals surface area contributed by atoms with Crippen LogP contribution in [0.1, 0.15) is 5.56 Å². The summed E-state index contributed by atoms with van der Waals surface area (Å²) in [6.07, 6.45) is 1.35. The van der Waals surface area contributed by atoms with Crippen LogP contribution < -0.4 is 5.73 Å². The van der Waals surface area contributed by atoms with Crippen LogP contribution in [-0.2, 0) is 4.79 Å². The number of fused-ring (bicyclic) bond motifs is 1. The van der Waals surface area contributed by atoms with Gasteiger partial charge in [-0.05, 0) is 39.8 Å². The number of carbonyl (C=O) groups excluding carboxylic acids is 1. The first-order chi connectivity index (χ1) is 11.8. The largest absolute Gasteiger partial charge is 0.377 e. The highest BCUT2D eigenvalue weighted by Gasteiger charge is 2.40.